The van der Waals surface area contributed by atoms with Crippen LogP contribution >= 0.6 is 0 Å². The summed E-state index contributed by atoms with van der Waals surface area (Å²) in [6.45, 7) is 6.03. The third-order valence-electron chi connectivity index (χ3n) is 3.86. The van der Waals surface area contributed by atoms with Crippen molar-refractivity contribution >= 4 is 0 Å². The van der Waals surface area contributed by atoms with E-state index in [4.69, 9.17) is 0 Å². The van der Waals surface area contributed by atoms with Gasteiger partial charge in [0.1, 0.15) is 11.4 Å². The molecule has 1 aromatic carbocycles. The summed E-state index contributed by atoms with van der Waals surface area (Å²) in [6.07, 6.45) is 2.15. The molecule has 0 amide bonds. The van der Waals surface area contributed by atoms with Crippen LogP contribution in [0, 0.1) is 19.7 Å². The van der Waals surface area contributed by atoms with Gasteiger partial charge in [-0.1, -0.05) is 25.1 Å². The Labute approximate surface area is 119 Å². The molecular weight excluding hydrogens is 253 g/mol. The number of aliphatic hydroxyl groups is 1. The Morgan fingerprint density at radius 2 is 1.90 bits per heavy atom. The van der Waals surface area contributed by atoms with Crippen molar-refractivity contribution in [1.29, 1.82) is 0 Å². The van der Waals surface area contributed by atoms with Gasteiger partial charge >= 0.3 is 0 Å². The first-order valence-corrected chi connectivity index (χ1v) is 6.85. The molecule has 0 saturated carbocycles. The van der Waals surface area contributed by atoms with Gasteiger partial charge in [0.2, 0.25) is 0 Å². The highest BCUT2D eigenvalue weighted by Crippen LogP contribution is 2.28. The highest BCUT2D eigenvalue weighted by atomic mass is 19.1. The van der Waals surface area contributed by atoms with E-state index in [0.29, 0.717) is 18.5 Å². The summed E-state index contributed by atoms with van der Waals surface area (Å²) in [4.78, 5) is 4.03. The molecule has 0 aliphatic rings. The molecule has 0 saturated heterocycles. The fourth-order valence-corrected chi connectivity index (χ4v) is 2.30. The molecule has 2 rings (SSSR count). The summed E-state index contributed by atoms with van der Waals surface area (Å²) in [5.41, 5.74) is 2.94. The molecule has 1 unspecified atom stereocenters. The highest BCUT2D eigenvalue weighted by Gasteiger charge is 2.29. The van der Waals surface area contributed by atoms with E-state index < -0.39 is 11.4 Å². The zero-order chi connectivity index (χ0) is 14.8. The van der Waals surface area contributed by atoms with Crippen LogP contribution in [0.4, 0.5) is 4.39 Å². The summed E-state index contributed by atoms with van der Waals surface area (Å²) in [5, 5.41) is 10.8. The molecule has 0 radical (unpaired) electrons. The van der Waals surface area contributed by atoms with E-state index in [9.17, 15) is 9.50 Å². The second-order valence-corrected chi connectivity index (χ2v) is 5.34. The fraction of sp³-hybridized carbons (Fsp3) is 0.353. The zero-order valence-corrected chi connectivity index (χ0v) is 12.2. The molecule has 0 bridgehead atoms. The maximum absolute atomic E-state index is 13.0. The average Bonchev–Trinajstić information content (AvgIpc) is 2.43. The van der Waals surface area contributed by atoms with Gasteiger partial charge in [0, 0.05) is 6.42 Å². The number of nitrogens with zero attached hydrogens (tertiary/aromatic N) is 1. The highest BCUT2D eigenvalue weighted by molar-refractivity contribution is 5.31. The van der Waals surface area contributed by atoms with Crippen LogP contribution in [0.25, 0.3) is 0 Å². The van der Waals surface area contributed by atoms with Crippen molar-refractivity contribution in [2.75, 3.05) is 0 Å². The van der Waals surface area contributed by atoms with Crippen molar-refractivity contribution in [3.63, 3.8) is 0 Å². The molecular formula is C17H20FNO. The summed E-state index contributed by atoms with van der Waals surface area (Å²) in [7, 11) is 0. The lowest BCUT2D eigenvalue weighted by molar-refractivity contribution is 0.0282. The second kappa shape index (κ2) is 5.71. The smallest absolute Gasteiger partial charge is 0.141 e. The first-order valence-electron chi connectivity index (χ1n) is 6.85. The first-order chi connectivity index (χ1) is 9.44. The lowest BCUT2D eigenvalue weighted by Crippen LogP contribution is -2.29. The Morgan fingerprint density at radius 3 is 2.45 bits per heavy atom. The first kappa shape index (κ1) is 14.7. The quantitative estimate of drug-likeness (QED) is 0.922. The average molecular weight is 273 g/mol. The minimum absolute atomic E-state index is 0.390. The Bertz CT molecular complexity index is 594. The van der Waals surface area contributed by atoms with Gasteiger partial charge in [-0.15, -0.1) is 0 Å². The molecule has 3 heteroatoms. The Morgan fingerprint density at radius 1 is 1.15 bits per heavy atom. The van der Waals surface area contributed by atoms with Crippen molar-refractivity contribution in [3.05, 3.63) is 64.7 Å². The number of benzene rings is 1. The van der Waals surface area contributed by atoms with Crippen LogP contribution in [0.15, 0.2) is 36.5 Å². The fourth-order valence-electron chi connectivity index (χ4n) is 2.30. The number of aromatic nitrogens is 1. The van der Waals surface area contributed by atoms with Crippen molar-refractivity contribution in [2.24, 2.45) is 0 Å². The van der Waals surface area contributed by atoms with Gasteiger partial charge in [-0.2, -0.15) is 0 Å². The van der Waals surface area contributed by atoms with Crippen molar-refractivity contribution in [2.45, 2.75) is 39.2 Å². The normalized spacial score (nSPS) is 14.1. The molecule has 0 spiro atoms. The Kier molecular flexibility index (Phi) is 4.19. The Balaban J connectivity index is 2.31. The SMILES string of the molecule is CCC(O)(Cc1ccc(C)c(C)c1)c1ccc(F)cn1. The number of aryl methyl sites for hydroxylation is 2. The van der Waals surface area contributed by atoms with Crippen molar-refractivity contribution in [3.8, 4) is 0 Å². The molecule has 106 valence electrons. The molecule has 0 aliphatic carbocycles. The van der Waals surface area contributed by atoms with Crippen LogP contribution in [-0.2, 0) is 12.0 Å². The Hall–Kier alpha value is -1.74. The van der Waals surface area contributed by atoms with Crippen LogP contribution in [-0.4, -0.2) is 10.1 Å². The topological polar surface area (TPSA) is 33.1 Å². The van der Waals surface area contributed by atoms with Crippen LogP contribution in [0.2, 0.25) is 0 Å². The van der Waals surface area contributed by atoms with E-state index in [1.165, 1.54) is 17.2 Å². The van der Waals surface area contributed by atoms with E-state index in [1.54, 1.807) is 6.07 Å². The molecule has 1 atom stereocenters. The van der Waals surface area contributed by atoms with Crippen molar-refractivity contribution < 1.29 is 9.50 Å². The van der Waals surface area contributed by atoms with E-state index in [-0.39, 0.29) is 0 Å². The number of halogens is 1. The lowest BCUT2D eigenvalue weighted by atomic mass is 9.87. The number of rotatable bonds is 4. The molecule has 2 aromatic rings. The lowest BCUT2D eigenvalue weighted by Gasteiger charge is -2.26. The maximum Gasteiger partial charge on any atom is 0.141 e. The van der Waals surface area contributed by atoms with Gasteiger partial charge < -0.3 is 5.11 Å². The summed E-state index contributed by atoms with van der Waals surface area (Å²) in [5.74, 6) is -0.390. The summed E-state index contributed by atoms with van der Waals surface area (Å²) in [6, 6.07) is 9.05. The third kappa shape index (κ3) is 3.05. The van der Waals surface area contributed by atoms with Crippen molar-refractivity contribution in [1.82, 2.24) is 4.98 Å². The summed E-state index contributed by atoms with van der Waals surface area (Å²) < 4.78 is 13.0. The molecule has 1 N–H and O–H groups in total. The standard InChI is InChI=1S/C17H20FNO/c1-4-17(20,16-8-7-15(18)11-19-16)10-14-6-5-12(2)13(3)9-14/h5-9,11,20H,4,10H2,1-3H3. The zero-order valence-electron chi connectivity index (χ0n) is 12.2. The van der Waals surface area contributed by atoms with Crippen LogP contribution < -0.4 is 0 Å². The van der Waals surface area contributed by atoms with E-state index >= 15 is 0 Å². The van der Waals surface area contributed by atoms with Gasteiger partial charge in [0.15, 0.2) is 0 Å². The van der Waals surface area contributed by atoms with Crippen LogP contribution in [0.3, 0.4) is 0 Å². The van der Waals surface area contributed by atoms with Gasteiger partial charge in [0.05, 0.1) is 11.9 Å². The van der Waals surface area contributed by atoms with Crippen LogP contribution in [0.1, 0.15) is 35.7 Å². The second-order valence-electron chi connectivity index (χ2n) is 5.34. The molecule has 0 aliphatic heterocycles. The maximum atomic E-state index is 13.0. The van der Waals surface area contributed by atoms with E-state index in [2.05, 4.69) is 31.0 Å². The van der Waals surface area contributed by atoms with Gasteiger partial charge in [-0.05, 0) is 49.1 Å². The van der Waals surface area contributed by atoms with Gasteiger partial charge in [-0.3, -0.25) is 4.98 Å². The summed E-state index contributed by atoms with van der Waals surface area (Å²) >= 11 is 0. The predicted octanol–water partition coefficient (Wildman–Crippen LogP) is 3.68. The molecule has 2 nitrogen and oxygen atoms in total. The van der Waals surface area contributed by atoms with Gasteiger partial charge in [-0.25, -0.2) is 4.39 Å². The van der Waals surface area contributed by atoms with Crippen LogP contribution in [0.5, 0.6) is 0 Å². The molecule has 0 fully saturated rings. The third-order valence-corrected chi connectivity index (χ3v) is 3.86. The minimum Gasteiger partial charge on any atom is -0.383 e. The number of hydrogen-bond acceptors (Lipinski definition) is 2. The molecule has 1 heterocycles. The molecule has 1 aromatic heterocycles. The van der Waals surface area contributed by atoms with Gasteiger partial charge in [0.25, 0.3) is 0 Å². The number of pyridine rings is 1. The molecule has 20 heavy (non-hydrogen) atoms. The largest absolute Gasteiger partial charge is 0.383 e. The van der Waals surface area contributed by atoms with E-state index in [0.717, 1.165) is 11.8 Å². The predicted molar refractivity (Wildman–Crippen MR) is 78.0 cm³/mol. The van der Waals surface area contributed by atoms with E-state index in [1.807, 2.05) is 13.0 Å². The monoisotopic (exact) mass is 273 g/mol. The number of hydrogen-bond donors (Lipinski definition) is 1. The minimum atomic E-state index is -1.06.